The maximum atomic E-state index is 11.4. The second kappa shape index (κ2) is 5.32. The minimum Gasteiger partial charge on any atom is -0.380 e. The molecule has 0 N–H and O–H groups in total. The van der Waals surface area contributed by atoms with Gasteiger partial charge in [-0.25, -0.2) is 0 Å². The molecule has 17 heavy (non-hydrogen) atoms. The van der Waals surface area contributed by atoms with Crippen LogP contribution in [-0.4, -0.2) is 25.5 Å². The summed E-state index contributed by atoms with van der Waals surface area (Å²) in [5.74, 6) is 0.377. The van der Waals surface area contributed by atoms with Crippen LogP contribution in [0.25, 0.3) is 0 Å². The zero-order valence-corrected chi connectivity index (χ0v) is 10.5. The molecule has 1 fully saturated rings. The van der Waals surface area contributed by atoms with E-state index in [9.17, 15) is 4.79 Å². The zero-order valence-electron chi connectivity index (χ0n) is 10.5. The molecule has 2 rings (SSSR count). The van der Waals surface area contributed by atoms with Crippen molar-refractivity contribution in [2.45, 2.75) is 32.4 Å². The van der Waals surface area contributed by atoms with Crippen molar-refractivity contribution in [2.75, 3.05) is 18.6 Å². The highest BCUT2D eigenvalue weighted by molar-refractivity contribution is 5.81. The van der Waals surface area contributed by atoms with Gasteiger partial charge < -0.3 is 9.64 Å². The number of benzene rings is 1. The molecule has 0 radical (unpaired) electrons. The molecule has 0 aliphatic carbocycles. The van der Waals surface area contributed by atoms with E-state index in [2.05, 4.69) is 30.0 Å². The van der Waals surface area contributed by atoms with E-state index in [1.54, 1.807) is 7.11 Å². The molecule has 0 spiro atoms. The summed E-state index contributed by atoms with van der Waals surface area (Å²) in [6, 6.07) is 8.66. The summed E-state index contributed by atoms with van der Waals surface area (Å²) in [5.41, 5.74) is 2.37. The minimum atomic E-state index is 0.300. The predicted octanol–water partition coefficient (Wildman–Crippen LogP) is 2.39. The van der Waals surface area contributed by atoms with Crippen LogP contribution in [0.1, 0.15) is 25.3 Å². The number of hydrogen-bond donors (Lipinski definition) is 0. The fourth-order valence-electron chi connectivity index (χ4n) is 2.38. The lowest BCUT2D eigenvalue weighted by atomic mass is 10.0. The molecule has 0 amide bonds. The molecule has 3 nitrogen and oxygen atoms in total. The van der Waals surface area contributed by atoms with E-state index in [1.165, 1.54) is 11.3 Å². The van der Waals surface area contributed by atoms with Gasteiger partial charge in [0.2, 0.25) is 0 Å². The average molecular weight is 233 g/mol. The fourth-order valence-corrected chi connectivity index (χ4v) is 2.38. The van der Waals surface area contributed by atoms with Gasteiger partial charge in [-0.2, -0.15) is 0 Å². The lowest BCUT2D eigenvalue weighted by Crippen LogP contribution is -2.41. The van der Waals surface area contributed by atoms with Gasteiger partial charge in [0.1, 0.15) is 5.78 Å². The number of carbonyl (C=O) groups is 1. The first-order valence-corrected chi connectivity index (χ1v) is 6.07. The summed E-state index contributed by atoms with van der Waals surface area (Å²) in [7, 11) is 1.70. The quantitative estimate of drug-likeness (QED) is 0.803. The molecule has 1 aromatic rings. The number of rotatable bonds is 3. The zero-order chi connectivity index (χ0) is 12.3. The first-order valence-electron chi connectivity index (χ1n) is 6.07. The van der Waals surface area contributed by atoms with Crippen molar-refractivity contribution in [3.63, 3.8) is 0 Å². The number of ketones is 1. The standard InChI is InChI=1S/C14H19NO2/c1-11-8-14(16)6-7-15(11)13-5-3-4-12(9-13)10-17-2/h3-5,9,11H,6-8,10H2,1-2H3. The Morgan fingerprint density at radius 1 is 1.47 bits per heavy atom. The molecule has 0 aromatic heterocycles. The van der Waals surface area contributed by atoms with Crippen LogP contribution in [0.3, 0.4) is 0 Å². The van der Waals surface area contributed by atoms with Crippen molar-refractivity contribution < 1.29 is 9.53 Å². The van der Waals surface area contributed by atoms with Gasteiger partial charge in [0.15, 0.2) is 0 Å². The molecular formula is C14H19NO2. The minimum absolute atomic E-state index is 0.300. The van der Waals surface area contributed by atoms with Crippen LogP contribution in [-0.2, 0) is 16.1 Å². The Hall–Kier alpha value is -1.35. The van der Waals surface area contributed by atoms with E-state index in [0.29, 0.717) is 31.3 Å². The molecule has 1 aliphatic rings. The highest BCUT2D eigenvalue weighted by Crippen LogP contribution is 2.24. The molecule has 1 aliphatic heterocycles. The third kappa shape index (κ3) is 2.86. The van der Waals surface area contributed by atoms with E-state index >= 15 is 0 Å². The summed E-state index contributed by atoms with van der Waals surface area (Å²) in [4.78, 5) is 13.7. The van der Waals surface area contributed by atoms with E-state index in [0.717, 1.165) is 6.54 Å². The second-order valence-corrected chi connectivity index (χ2v) is 4.64. The number of anilines is 1. The third-order valence-electron chi connectivity index (χ3n) is 3.24. The maximum absolute atomic E-state index is 11.4. The lowest BCUT2D eigenvalue weighted by molar-refractivity contribution is -0.120. The Kier molecular flexibility index (Phi) is 3.79. The van der Waals surface area contributed by atoms with Crippen LogP contribution < -0.4 is 4.90 Å². The lowest BCUT2D eigenvalue weighted by Gasteiger charge is -2.34. The van der Waals surface area contributed by atoms with Gasteiger partial charge in [-0.15, -0.1) is 0 Å². The summed E-state index contributed by atoms with van der Waals surface area (Å²) in [5, 5.41) is 0. The molecule has 1 heterocycles. The largest absolute Gasteiger partial charge is 0.380 e. The van der Waals surface area contributed by atoms with Crippen molar-refractivity contribution in [2.24, 2.45) is 0 Å². The number of Topliss-reactive ketones (excluding diaryl/α,β-unsaturated/α-hetero) is 1. The molecule has 0 bridgehead atoms. The molecule has 3 heteroatoms. The molecule has 1 atom stereocenters. The van der Waals surface area contributed by atoms with Crippen molar-refractivity contribution in [1.82, 2.24) is 0 Å². The smallest absolute Gasteiger partial charge is 0.136 e. The number of piperidine rings is 1. The first-order chi connectivity index (χ1) is 8.20. The van der Waals surface area contributed by atoms with Gasteiger partial charge in [0.25, 0.3) is 0 Å². The molecular weight excluding hydrogens is 214 g/mol. The Bertz CT molecular complexity index is 403. The van der Waals surface area contributed by atoms with E-state index in [-0.39, 0.29) is 0 Å². The van der Waals surface area contributed by atoms with Gasteiger partial charge in [-0.3, -0.25) is 4.79 Å². The van der Waals surface area contributed by atoms with Crippen LogP contribution in [0.4, 0.5) is 5.69 Å². The van der Waals surface area contributed by atoms with Gasteiger partial charge in [0.05, 0.1) is 6.61 Å². The SMILES string of the molecule is COCc1cccc(N2CCC(=O)CC2C)c1. The summed E-state index contributed by atoms with van der Waals surface area (Å²) < 4.78 is 5.14. The Morgan fingerprint density at radius 2 is 2.29 bits per heavy atom. The van der Waals surface area contributed by atoms with Crippen molar-refractivity contribution in [3.8, 4) is 0 Å². The van der Waals surface area contributed by atoms with Crippen LogP contribution in [0.5, 0.6) is 0 Å². The number of ether oxygens (including phenoxy) is 1. The topological polar surface area (TPSA) is 29.5 Å². The third-order valence-corrected chi connectivity index (χ3v) is 3.24. The van der Waals surface area contributed by atoms with E-state index in [1.807, 2.05) is 6.07 Å². The molecule has 1 saturated heterocycles. The van der Waals surface area contributed by atoms with Gasteiger partial charge >= 0.3 is 0 Å². The van der Waals surface area contributed by atoms with Crippen molar-refractivity contribution in [1.29, 1.82) is 0 Å². The average Bonchev–Trinajstić information content (AvgIpc) is 2.29. The Morgan fingerprint density at radius 3 is 3.00 bits per heavy atom. The fraction of sp³-hybridized carbons (Fsp3) is 0.500. The molecule has 1 unspecified atom stereocenters. The van der Waals surface area contributed by atoms with Gasteiger partial charge in [-0.1, -0.05) is 12.1 Å². The van der Waals surface area contributed by atoms with Crippen molar-refractivity contribution in [3.05, 3.63) is 29.8 Å². The maximum Gasteiger partial charge on any atom is 0.136 e. The van der Waals surface area contributed by atoms with E-state index in [4.69, 9.17) is 4.74 Å². The second-order valence-electron chi connectivity index (χ2n) is 4.64. The van der Waals surface area contributed by atoms with Crippen molar-refractivity contribution >= 4 is 11.5 Å². The summed E-state index contributed by atoms with van der Waals surface area (Å²) in [6.07, 6.45) is 1.33. The number of carbonyl (C=O) groups excluding carboxylic acids is 1. The van der Waals surface area contributed by atoms with Crippen LogP contribution in [0, 0.1) is 0 Å². The monoisotopic (exact) mass is 233 g/mol. The number of nitrogens with zero attached hydrogens (tertiary/aromatic N) is 1. The van der Waals surface area contributed by atoms with Gasteiger partial charge in [-0.05, 0) is 24.6 Å². The number of methoxy groups -OCH3 is 1. The molecule has 0 saturated carbocycles. The van der Waals surface area contributed by atoms with Crippen LogP contribution in [0.2, 0.25) is 0 Å². The van der Waals surface area contributed by atoms with E-state index < -0.39 is 0 Å². The molecule has 92 valence electrons. The van der Waals surface area contributed by atoms with Gasteiger partial charge in [0, 0.05) is 38.2 Å². The highest BCUT2D eigenvalue weighted by Gasteiger charge is 2.23. The van der Waals surface area contributed by atoms with Crippen LogP contribution in [0.15, 0.2) is 24.3 Å². The normalized spacial score (nSPS) is 20.7. The first kappa shape index (κ1) is 12.1. The summed E-state index contributed by atoms with van der Waals surface area (Å²) in [6.45, 7) is 3.57. The summed E-state index contributed by atoms with van der Waals surface area (Å²) >= 11 is 0. The Labute approximate surface area is 102 Å². The number of hydrogen-bond acceptors (Lipinski definition) is 3. The molecule has 1 aromatic carbocycles. The Balaban J connectivity index is 2.15. The predicted molar refractivity (Wildman–Crippen MR) is 68.2 cm³/mol. The van der Waals surface area contributed by atoms with Crippen LogP contribution >= 0.6 is 0 Å². The highest BCUT2D eigenvalue weighted by atomic mass is 16.5.